The van der Waals surface area contributed by atoms with Gasteiger partial charge in [0.2, 0.25) is 0 Å². The van der Waals surface area contributed by atoms with Crippen LogP contribution in [0.1, 0.15) is 13.8 Å². The number of nitrogens with zero attached hydrogens (tertiary/aromatic N) is 3. The predicted molar refractivity (Wildman–Crippen MR) is 80.6 cm³/mol. The highest BCUT2D eigenvalue weighted by Gasteiger charge is 2.25. The average Bonchev–Trinajstić information content (AvgIpc) is 2.44. The standard InChI is InChI=1S/C15H17N3O3/c1-10-8-17(9-11(2)21-10)14-3-4-15(18(19)20)13-7-16-6-5-12(13)14/h3-7,10-11H,8-9H2,1-2H3/t10-,11+. The lowest BCUT2D eigenvalue weighted by Gasteiger charge is -2.37. The number of aromatic nitrogens is 1. The van der Waals surface area contributed by atoms with Crippen LogP contribution in [0.4, 0.5) is 11.4 Å². The van der Waals surface area contributed by atoms with E-state index in [-0.39, 0.29) is 22.8 Å². The van der Waals surface area contributed by atoms with E-state index in [4.69, 9.17) is 4.74 Å². The summed E-state index contributed by atoms with van der Waals surface area (Å²) in [6, 6.07) is 5.22. The third kappa shape index (κ3) is 2.54. The van der Waals surface area contributed by atoms with Gasteiger partial charge in [-0.05, 0) is 26.0 Å². The lowest BCUT2D eigenvalue weighted by Crippen LogP contribution is -2.45. The second-order valence-corrected chi connectivity index (χ2v) is 5.44. The van der Waals surface area contributed by atoms with Crippen molar-refractivity contribution in [1.82, 2.24) is 4.98 Å². The molecule has 2 heterocycles. The van der Waals surface area contributed by atoms with Crippen molar-refractivity contribution in [2.45, 2.75) is 26.1 Å². The van der Waals surface area contributed by atoms with Crippen LogP contribution in [0.5, 0.6) is 0 Å². The third-order valence-corrected chi connectivity index (χ3v) is 3.73. The van der Waals surface area contributed by atoms with Crippen LogP contribution in [0.2, 0.25) is 0 Å². The number of rotatable bonds is 2. The quantitative estimate of drug-likeness (QED) is 0.627. The van der Waals surface area contributed by atoms with E-state index in [2.05, 4.69) is 9.88 Å². The molecule has 1 aromatic carbocycles. The van der Waals surface area contributed by atoms with Gasteiger partial charge in [0.05, 0.1) is 22.5 Å². The molecule has 0 bridgehead atoms. The number of nitro groups is 1. The lowest BCUT2D eigenvalue weighted by molar-refractivity contribution is -0.383. The Morgan fingerprint density at radius 3 is 2.62 bits per heavy atom. The molecule has 1 aliphatic rings. The van der Waals surface area contributed by atoms with Crippen LogP contribution in [0.15, 0.2) is 30.6 Å². The summed E-state index contributed by atoms with van der Waals surface area (Å²) in [7, 11) is 0. The number of anilines is 1. The molecule has 6 nitrogen and oxygen atoms in total. The molecule has 110 valence electrons. The fraction of sp³-hybridized carbons (Fsp3) is 0.400. The van der Waals surface area contributed by atoms with Gasteiger partial charge in [0.15, 0.2) is 0 Å². The number of pyridine rings is 1. The molecule has 0 radical (unpaired) electrons. The van der Waals surface area contributed by atoms with Gasteiger partial charge < -0.3 is 9.64 Å². The van der Waals surface area contributed by atoms with Crippen LogP contribution in [-0.2, 0) is 4.74 Å². The third-order valence-electron chi connectivity index (χ3n) is 3.73. The summed E-state index contributed by atoms with van der Waals surface area (Å²) in [6.07, 6.45) is 3.51. The van der Waals surface area contributed by atoms with Gasteiger partial charge in [-0.1, -0.05) is 0 Å². The van der Waals surface area contributed by atoms with Gasteiger partial charge in [0.25, 0.3) is 5.69 Å². The van der Waals surface area contributed by atoms with Crippen LogP contribution in [0.25, 0.3) is 10.8 Å². The molecule has 2 atom stereocenters. The van der Waals surface area contributed by atoms with Crippen LogP contribution >= 0.6 is 0 Å². The van der Waals surface area contributed by atoms with E-state index in [1.54, 1.807) is 18.5 Å². The number of hydrogen-bond acceptors (Lipinski definition) is 5. The molecular formula is C15H17N3O3. The van der Waals surface area contributed by atoms with Crippen molar-refractivity contribution in [2.75, 3.05) is 18.0 Å². The summed E-state index contributed by atoms with van der Waals surface area (Å²) >= 11 is 0. The van der Waals surface area contributed by atoms with Gasteiger partial charge in [-0.2, -0.15) is 0 Å². The van der Waals surface area contributed by atoms with E-state index in [1.807, 2.05) is 26.0 Å². The smallest absolute Gasteiger partial charge is 0.278 e. The van der Waals surface area contributed by atoms with Crippen molar-refractivity contribution in [3.8, 4) is 0 Å². The maximum absolute atomic E-state index is 11.2. The summed E-state index contributed by atoms with van der Waals surface area (Å²) in [5.74, 6) is 0. The molecule has 0 aliphatic carbocycles. The molecule has 2 aromatic rings. The molecule has 0 N–H and O–H groups in total. The molecule has 1 saturated heterocycles. The molecule has 1 fully saturated rings. The number of benzene rings is 1. The second-order valence-electron chi connectivity index (χ2n) is 5.44. The molecule has 0 unspecified atom stereocenters. The maximum Gasteiger partial charge on any atom is 0.278 e. The molecule has 0 saturated carbocycles. The van der Waals surface area contributed by atoms with Gasteiger partial charge >= 0.3 is 0 Å². The van der Waals surface area contributed by atoms with Gasteiger partial charge in [0, 0.05) is 42.6 Å². The SMILES string of the molecule is C[C@@H]1CN(c2ccc([N+](=O)[O-])c3cnccc23)C[C@H](C)O1. The summed E-state index contributed by atoms with van der Waals surface area (Å²) in [5.41, 5.74) is 1.09. The van der Waals surface area contributed by atoms with Gasteiger partial charge in [-0.25, -0.2) is 0 Å². The highest BCUT2D eigenvalue weighted by atomic mass is 16.6. The normalized spacial score (nSPS) is 22.5. The Hall–Kier alpha value is -2.21. The molecule has 1 aromatic heterocycles. The maximum atomic E-state index is 11.2. The first-order valence-corrected chi connectivity index (χ1v) is 6.98. The molecule has 0 spiro atoms. The second kappa shape index (κ2) is 5.29. The number of non-ortho nitro benzene ring substituents is 1. The Morgan fingerprint density at radius 2 is 1.95 bits per heavy atom. The van der Waals surface area contributed by atoms with Crippen LogP contribution in [0, 0.1) is 10.1 Å². The monoisotopic (exact) mass is 287 g/mol. The van der Waals surface area contributed by atoms with Gasteiger partial charge in [-0.3, -0.25) is 15.1 Å². The van der Waals surface area contributed by atoms with Gasteiger partial charge in [-0.15, -0.1) is 0 Å². The lowest BCUT2D eigenvalue weighted by atomic mass is 10.1. The largest absolute Gasteiger partial charge is 0.372 e. The van der Waals surface area contributed by atoms with Crippen molar-refractivity contribution in [3.05, 3.63) is 40.7 Å². The van der Waals surface area contributed by atoms with E-state index in [0.717, 1.165) is 24.2 Å². The highest BCUT2D eigenvalue weighted by Crippen LogP contribution is 2.34. The van der Waals surface area contributed by atoms with Crippen LogP contribution in [0.3, 0.4) is 0 Å². The van der Waals surface area contributed by atoms with E-state index in [1.165, 1.54) is 0 Å². The van der Waals surface area contributed by atoms with Crippen LogP contribution < -0.4 is 4.90 Å². The minimum Gasteiger partial charge on any atom is -0.372 e. The number of morpholine rings is 1. The Labute approximate surface area is 122 Å². The van der Waals surface area contributed by atoms with E-state index >= 15 is 0 Å². The zero-order valence-corrected chi connectivity index (χ0v) is 12.0. The highest BCUT2D eigenvalue weighted by molar-refractivity contribution is 5.99. The van der Waals surface area contributed by atoms with Crippen molar-refractivity contribution in [1.29, 1.82) is 0 Å². The summed E-state index contributed by atoms with van der Waals surface area (Å²) in [5, 5.41) is 12.6. The van der Waals surface area contributed by atoms with Crippen molar-refractivity contribution in [3.63, 3.8) is 0 Å². The fourth-order valence-corrected chi connectivity index (χ4v) is 2.97. The van der Waals surface area contributed by atoms with Crippen molar-refractivity contribution in [2.24, 2.45) is 0 Å². The number of nitro benzene ring substituents is 1. The Kier molecular flexibility index (Phi) is 3.47. The average molecular weight is 287 g/mol. The first-order valence-electron chi connectivity index (χ1n) is 6.98. The summed E-state index contributed by atoms with van der Waals surface area (Å²) in [4.78, 5) is 17.0. The molecule has 1 aliphatic heterocycles. The van der Waals surface area contributed by atoms with Gasteiger partial charge in [0.1, 0.15) is 0 Å². The first kappa shape index (κ1) is 13.8. The molecule has 21 heavy (non-hydrogen) atoms. The topological polar surface area (TPSA) is 68.5 Å². The Morgan fingerprint density at radius 1 is 1.24 bits per heavy atom. The zero-order valence-electron chi connectivity index (χ0n) is 12.0. The van der Waals surface area contributed by atoms with E-state index in [0.29, 0.717) is 5.39 Å². The Balaban J connectivity index is 2.11. The summed E-state index contributed by atoms with van der Waals surface area (Å²) < 4.78 is 5.75. The molecule has 3 rings (SSSR count). The molecular weight excluding hydrogens is 270 g/mol. The minimum absolute atomic E-state index is 0.0937. The van der Waals surface area contributed by atoms with E-state index in [9.17, 15) is 10.1 Å². The number of ether oxygens (including phenoxy) is 1. The predicted octanol–water partition coefficient (Wildman–Crippen LogP) is 2.76. The van der Waals surface area contributed by atoms with Crippen LogP contribution in [-0.4, -0.2) is 35.2 Å². The molecule has 0 amide bonds. The molecule has 6 heteroatoms. The van der Waals surface area contributed by atoms with Crippen molar-refractivity contribution >= 4 is 22.1 Å². The number of fused-ring (bicyclic) bond motifs is 1. The van der Waals surface area contributed by atoms with Crippen molar-refractivity contribution < 1.29 is 9.66 Å². The van der Waals surface area contributed by atoms with E-state index < -0.39 is 0 Å². The zero-order chi connectivity index (χ0) is 15.0. The number of hydrogen-bond donors (Lipinski definition) is 0. The minimum atomic E-state index is -0.363. The fourth-order valence-electron chi connectivity index (χ4n) is 2.97. The summed E-state index contributed by atoms with van der Waals surface area (Å²) in [6.45, 7) is 5.63. The Bertz CT molecular complexity index is 679. The first-order chi connectivity index (χ1) is 10.1.